The van der Waals surface area contributed by atoms with Gasteiger partial charge in [-0.25, -0.2) is 0 Å². The van der Waals surface area contributed by atoms with E-state index < -0.39 is 0 Å². The third-order valence-electron chi connectivity index (χ3n) is 5.85. The van der Waals surface area contributed by atoms with Crippen molar-refractivity contribution in [1.82, 2.24) is 4.98 Å². The molecule has 4 aromatic rings. The Kier molecular flexibility index (Phi) is 4.98. The Bertz CT molecular complexity index is 1160. The quantitative estimate of drug-likeness (QED) is 0.427. The molecule has 0 radical (unpaired) electrons. The second kappa shape index (κ2) is 8.07. The number of aromatic amines is 1. The number of anilines is 1. The standard InChI is InChI=1S/C26H25N3O/c1-30-23-15-12-19(13-16-23)26-17-21(28-29(26)22-7-3-2-4-8-22)14-11-20-18-27-25-10-6-5-9-24(20)25/h2-10,12-13,15-16,18,26-27H,11,14,17H2,1H3. The Hall–Kier alpha value is -3.53. The number of hydrogen-bond acceptors (Lipinski definition) is 3. The molecule has 3 aromatic carbocycles. The number of benzene rings is 3. The number of rotatable bonds is 6. The summed E-state index contributed by atoms with van der Waals surface area (Å²) in [6, 6.07) is 27.5. The normalized spacial score (nSPS) is 16.1. The fraction of sp³-hybridized carbons (Fsp3) is 0.192. The maximum Gasteiger partial charge on any atom is 0.118 e. The van der Waals surface area contributed by atoms with Crippen LogP contribution in [0.25, 0.3) is 10.9 Å². The third-order valence-corrected chi connectivity index (χ3v) is 5.85. The molecule has 150 valence electrons. The number of H-pyrrole nitrogens is 1. The first-order chi connectivity index (χ1) is 14.8. The Morgan fingerprint density at radius 2 is 1.70 bits per heavy atom. The number of aryl methyl sites for hydroxylation is 1. The van der Waals surface area contributed by atoms with Gasteiger partial charge in [0.2, 0.25) is 0 Å². The Balaban J connectivity index is 1.39. The van der Waals surface area contributed by atoms with Crippen LogP contribution in [-0.4, -0.2) is 17.8 Å². The van der Waals surface area contributed by atoms with Gasteiger partial charge < -0.3 is 9.72 Å². The molecule has 0 aliphatic carbocycles. The Morgan fingerprint density at radius 1 is 0.933 bits per heavy atom. The molecule has 0 saturated carbocycles. The molecule has 1 aliphatic heterocycles. The van der Waals surface area contributed by atoms with Crippen LogP contribution in [0.3, 0.4) is 0 Å². The molecule has 0 bridgehead atoms. The summed E-state index contributed by atoms with van der Waals surface area (Å²) >= 11 is 0. The molecule has 1 unspecified atom stereocenters. The number of nitrogens with zero attached hydrogens (tertiary/aromatic N) is 2. The summed E-state index contributed by atoms with van der Waals surface area (Å²) in [6.07, 6.45) is 5.01. The summed E-state index contributed by atoms with van der Waals surface area (Å²) < 4.78 is 5.33. The van der Waals surface area contributed by atoms with Gasteiger partial charge in [0.05, 0.1) is 18.8 Å². The molecule has 4 heteroatoms. The van der Waals surface area contributed by atoms with Gasteiger partial charge in [-0.2, -0.15) is 5.10 Å². The van der Waals surface area contributed by atoms with Gasteiger partial charge in [-0.3, -0.25) is 5.01 Å². The minimum Gasteiger partial charge on any atom is -0.497 e. The molecule has 1 atom stereocenters. The molecule has 0 spiro atoms. The van der Waals surface area contributed by atoms with Gasteiger partial charge in [-0.05, 0) is 54.3 Å². The van der Waals surface area contributed by atoms with Gasteiger partial charge in [0.15, 0.2) is 0 Å². The van der Waals surface area contributed by atoms with Crippen molar-refractivity contribution in [3.8, 4) is 5.75 Å². The predicted molar refractivity (Wildman–Crippen MR) is 123 cm³/mol. The summed E-state index contributed by atoms with van der Waals surface area (Å²) in [5.41, 5.74) is 6.17. The van der Waals surface area contributed by atoms with Gasteiger partial charge in [-0.1, -0.05) is 48.5 Å². The smallest absolute Gasteiger partial charge is 0.118 e. The molecule has 30 heavy (non-hydrogen) atoms. The van der Waals surface area contributed by atoms with E-state index in [-0.39, 0.29) is 6.04 Å². The van der Waals surface area contributed by atoms with Crippen molar-refractivity contribution in [2.24, 2.45) is 5.10 Å². The van der Waals surface area contributed by atoms with E-state index in [4.69, 9.17) is 9.84 Å². The number of methoxy groups -OCH3 is 1. The zero-order valence-electron chi connectivity index (χ0n) is 17.1. The lowest BCUT2D eigenvalue weighted by Gasteiger charge is -2.24. The van der Waals surface area contributed by atoms with Gasteiger partial charge >= 0.3 is 0 Å². The first kappa shape index (κ1) is 18.5. The Morgan fingerprint density at radius 3 is 2.50 bits per heavy atom. The molecule has 0 amide bonds. The molecular weight excluding hydrogens is 370 g/mol. The number of hydrogen-bond donors (Lipinski definition) is 1. The Labute approximate surface area is 176 Å². The minimum atomic E-state index is 0.205. The van der Waals surface area contributed by atoms with Crippen LogP contribution in [0, 0.1) is 0 Å². The van der Waals surface area contributed by atoms with E-state index in [2.05, 4.69) is 76.9 Å². The fourth-order valence-corrected chi connectivity index (χ4v) is 4.25. The van der Waals surface area contributed by atoms with Crippen molar-refractivity contribution in [1.29, 1.82) is 0 Å². The largest absolute Gasteiger partial charge is 0.497 e. The number of ether oxygens (including phenoxy) is 1. The van der Waals surface area contributed by atoms with Crippen molar-refractivity contribution >= 4 is 22.3 Å². The summed E-state index contributed by atoms with van der Waals surface area (Å²) in [5, 5.41) is 8.53. The molecular formula is C26H25N3O. The van der Waals surface area contributed by atoms with Crippen LogP contribution in [0.5, 0.6) is 5.75 Å². The number of hydrazone groups is 1. The van der Waals surface area contributed by atoms with Crippen molar-refractivity contribution in [2.45, 2.75) is 25.3 Å². The van der Waals surface area contributed by atoms with E-state index in [9.17, 15) is 0 Å². The molecule has 5 rings (SSSR count). The van der Waals surface area contributed by atoms with Gasteiger partial charge in [0.25, 0.3) is 0 Å². The fourth-order valence-electron chi connectivity index (χ4n) is 4.25. The first-order valence-corrected chi connectivity index (χ1v) is 10.4. The average Bonchev–Trinajstić information content (AvgIpc) is 3.43. The lowest BCUT2D eigenvalue weighted by atomic mass is 9.98. The van der Waals surface area contributed by atoms with Crippen LogP contribution in [0.15, 0.2) is 90.2 Å². The predicted octanol–water partition coefficient (Wildman–Crippen LogP) is 6.12. The van der Waals surface area contributed by atoms with Crippen LogP contribution in [0.2, 0.25) is 0 Å². The van der Waals surface area contributed by atoms with E-state index in [1.54, 1.807) is 7.11 Å². The number of nitrogens with one attached hydrogen (secondary N) is 1. The topological polar surface area (TPSA) is 40.6 Å². The van der Waals surface area contributed by atoms with Crippen LogP contribution in [0.1, 0.15) is 30.0 Å². The summed E-state index contributed by atoms with van der Waals surface area (Å²) in [5.74, 6) is 0.878. The number of aromatic nitrogens is 1. The summed E-state index contributed by atoms with van der Waals surface area (Å²) in [7, 11) is 1.70. The lowest BCUT2D eigenvalue weighted by Crippen LogP contribution is -2.18. The SMILES string of the molecule is COc1ccc(C2CC(CCc3c[nH]c4ccccc34)=NN2c2ccccc2)cc1. The molecule has 0 fully saturated rings. The zero-order chi connectivity index (χ0) is 20.3. The highest BCUT2D eigenvalue weighted by Crippen LogP contribution is 2.36. The molecule has 0 saturated heterocycles. The van der Waals surface area contributed by atoms with Crippen LogP contribution in [-0.2, 0) is 6.42 Å². The highest BCUT2D eigenvalue weighted by molar-refractivity contribution is 5.90. The minimum absolute atomic E-state index is 0.205. The van der Waals surface area contributed by atoms with Crippen molar-refractivity contribution in [3.05, 3.63) is 96.2 Å². The second-order valence-electron chi connectivity index (χ2n) is 7.70. The first-order valence-electron chi connectivity index (χ1n) is 10.4. The highest BCUT2D eigenvalue weighted by atomic mass is 16.5. The van der Waals surface area contributed by atoms with E-state index in [1.165, 1.54) is 27.7 Å². The van der Waals surface area contributed by atoms with Gasteiger partial charge in [0.1, 0.15) is 5.75 Å². The monoisotopic (exact) mass is 395 g/mol. The summed E-state index contributed by atoms with van der Waals surface area (Å²) in [6.45, 7) is 0. The number of para-hydroxylation sites is 2. The van der Waals surface area contributed by atoms with Crippen molar-refractivity contribution < 1.29 is 4.74 Å². The van der Waals surface area contributed by atoms with Crippen LogP contribution in [0.4, 0.5) is 5.69 Å². The van der Waals surface area contributed by atoms with Gasteiger partial charge in [-0.15, -0.1) is 0 Å². The van der Waals surface area contributed by atoms with E-state index in [0.29, 0.717) is 0 Å². The molecule has 4 nitrogen and oxygen atoms in total. The maximum atomic E-state index is 5.33. The number of fused-ring (bicyclic) bond motifs is 1. The van der Waals surface area contributed by atoms with Gasteiger partial charge in [0, 0.05) is 29.2 Å². The van der Waals surface area contributed by atoms with Crippen LogP contribution >= 0.6 is 0 Å². The van der Waals surface area contributed by atoms with E-state index in [0.717, 1.165) is 30.7 Å². The van der Waals surface area contributed by atoms with E-state index >= 15 is 0 Å². The second-order valence-corrected chi connectivity index (χ2v) is 7.70. The lowest BCUT2D eigenvalue weighted by molar-refractivity contribution is 0.414. The highest BCUT2D eigenvalue weighted by Gasteiger charge is 2.29. The van der Waals surface area contributed by atoms with Crippen molar-refractivity contribution in [3.63, 3.8) is 0 Å². The zero-order valence-corrected chi connectivity index (χ0v) is 17.1. The third kappa shape index (κ3) is 3.57. The maximum absolute atomic E-state index is 5.33. The molecule has 1 N–H and O–H groups in total. The average molecular weight is 396 g/mol. The van der Waals surface area contributed by atoms with Crippen molar-refractivity contribution in [2.75, 3.05) is 12.1 Å². The molecule has 1 aliphatic rings. The molecule has 2 heterocycles. The molecule has 1 aromatic heterocycles. The summed E-state index contributed by atoms with van der Waals surface area (Å²) in [4.78, 5) is 3.38. The van der Waals surface area contributed by atoms with Crippen LogP contribution < -0.4 is 9.75 Å². The van der Waals surface area contributed by atoms with E-state index in [1.807, 2.05) is 18.2 Å².